The third-order valence-electron chi connectivity index (χ3n) is 6.31. The van der Waals surface area contributed by atoms with E-state index in [1.54, 1.807) is 36.4 Å². The quantitative estimate of drug-likeness (QED) is 0.611. The van der Waals surface area contributed by atoms with E-state index in [0.717, 1.165) is 36.3 Å². The zero-order chi connectivity index (χ0) is 23.7. The Balaban J connectivity index is 1.49. The maximum atomic E-state index is 13.0. The molecule has 2 aromatic carbocycles. The molecule has 0 aliphatic carbocycles. The minimum atomic E-state index is -0.563. The molecule has 0 spiro atoms. The number of likely N-dealkylation sites (tertiary alicyclic amines) is 1. The van der Waals surface area contributed by atoms with Crippen LogP contribution in [0.5, 0.6) is 0 Å². The summed E-state index contributed by atoms with van der Waals surface area (Å²) in [6.07, 6.45) is 3.19. The predicted octanol–water partition coefficient (Wildman–Crippen LogP) is 5.26. The van der Waals surface area contributed by atoms with Crippen LogP contribution in [0.4, 0.5) is 11.4 Å². The molecule has 1 unspecified atom stereocenters. The van der Waals surface area contributed by atoms with E-state index in [9.17, 15) is 14.4 Å². The summed E-state index contributed by atoms with van der Waals surface area (Å²) in [6.45, 7) is 7.00. The molecule has 172 valence electrons. The number of hydrogen-bond acceptors (Lipinski definition) is 4. The molecule has 2 heterocycles. The largest absolute Gasteiger partial charge is 0.350 e. The van der Waals surface area contributed by atoms with Gasteiger partial charge in [0.2, 0.25) is 0 Å². The van der Waals surface area contributed by atoms with Gasteiger partial charge in [-0.05, 0) is 74.1 Å². The molecule has 2 aliphatic heterocycles. The van der Waals surface area contributed by atoms with E-state index >= 15 is 0 Å². The lowest BCUT2D eigenvalue weighted by molar-refractivity contribution is -0.120. The van der Waals surface area contributed by atoms with Gasteiger partial charge in [-0.1, -0.05) is 37.6 Å². The van der Waals surface area contributed by atoms with Crippen molar-refractivity contribution >= 4 is 40.7 Å². The number of anilines is 2. The van der Waals surface area contributed by atoms with Crippen molar-refractivity contribution in [2.24, 2.45) is 0 Å². The molecule has 0 saturated carbocycles. The van der Waals surface area contributed by atoms with Crippen molar-refractivity contribution in [2.75, 3.05) is 16.8 Å². The number of hydrogen-bond donors (Lipinski definition) is 1. The van der Waals surface area contributed by atoms with Gasteiger partial charge >= 0.3 is 0 Å². The Bertz CT molecular complexity index is 1110. The Morgan fingerprint density at radius 2 is 1.67 bits per heavy atom. The Kier molecular flexibility index (Phi) is 6.56. The number of piperidine rings is 1. The van der Waals surface area contributed by atoms with Gasteiger partial charge in [0.1, 0.15) is 10.7 Å². The molecule has 7 heteroatoms. The minimum absolute atomic E-state index is 0.00846. The summed E-state index contributed by atoms with van der Waals surface area (Å²) in [5.74, 6) is -0.720. The molecule has 1 saturated heterocycles. The first kappa shape index (κ1) is 23.1. The molecule has 0 bridgehead atoms. The zero-order valence-electron chi connectivity index (χ0n) is 19.1. The summed E-state index contributed by atoms with van der Waals surface area (Å²) < 4.78 is 0. The standard InChI is InChI=1S/C26H28ClN3O3/c1-16(2)18-9-13-21(14-10-18)30-25(32)22(27)23(26(30)33)28-20-11-7-19(8-12-20)24(31)29-15-5-4-6-17(29)3/h7-14,16-17,28H,4-6,15H2,1-3H3. The van der Waals surface area contributed by atoms with E-state index in [4.69, 9.17) is 11.6 Å². The van der Waals surface area contributed by atoms with E-state index in [2.05, 4.69) is 26.1 Å². The summed E-state index contributed by atoms with van der Waals surface area (Å²) in [4.78, 5) is 41.5. The smallest absolute Gasteiger partial charge is 0.283 e. The molecule has 1 N–H and O–H groups in total. The molecule has 1 atom stereocenters. The fourth-order valence-corrected chi connectivity index (χ4v) is 4.47. The summed E-state index contributed by atoms with van der Waals surface area (Å²) in [7, 11) is 0. The monoisotopic (exact) mass is 465 g/mol. The third kappa shape index (κ3) is 4.53. The lowest BCUT2D eigenvalue weighted by atomic mass is 10.0. The van der Waals surface area contributed by atoms with E-state index in [1.807, 2.05) is 17.0 Å². The van der Waals surface area contributed by atoms with Crippen molar-refractivity contribution in [3.8, 4) is 0 Å². The fraction of sp³-hybridized carbons (Fsp3) is 0.346. The topological polar surface area (TPSA) is 69.7 Å². The molecular formula is C26H28ClN3O3. The third-order valence-corrected chi connectivity index (χ3v) is 6.66. The van der Waals surface area contributed by atoms with E-state index in [1.165, 1.54) is 0 Å². The van der Waals surface area contributed by atoms with Gasteiger partial charge in [-0.2, -0.15) is 0 Å². The second-order valence-electron chi connectivity index (χ2n) is 8.93. The molecule has 33 heavy (non-hydrogen) atoms. The molecule has 6 nitrogen and oxygen atoms in total. The molecular weight excluding hydrogens is 438 g/mol. The van der Waals surface area contributed by atoms with Crippen LogP contribution in [0.25, 0.3) is 0 Å². The second-order valence-corrected chi connectivity index (χ2v) is 9.30. The van der Waals surface area contributed by atoms with Crippen molar-refractivity contribution in [1.29, 1.82) is 0 Å². The number of benzene rings is 2. The van der Waals surface area contributed by atoms with Crippen molar-refractivity contribution in [1.82, 2.24) is 4.90 Å². The number of carbonyl (C=O) groups is 3. The van der Waals surface area contributed by atoms with Gasteiger partial charge in [-0.3, -0.25) is 14.4 Å². The van der Waals surface area contributed by atoms with Crippen LogP contribution in [-0.2, 0) is 9.59 Å². The van der Waals surface area contributed by atoms with Crippen LogP contribution < -0.4 is 10.2 Å². The van der Waals surface area contributed by atoms with E-state index in [0.29, 0.717) is 22.9 Å². The van der Waals surface area contributed by atoms with Crippen LogP contribution in [-0.4, -0.2) is 35.2 Å². The normalized spacial score (nSPS) is 19.0. The van der Waals surface area contributed by atoms with Crippen LogP contribution in [0.3, 0.4) is 0 Å². The highest BCUT2D eigenvalue weighted by Gasteiger charge is 2.39. The van der Waals surface area contributed by atoms with Crippen molar-refractivity contribution in [2.45, 2.75) is 52.0 Å². The van der Waals surface area contributed by atoms with Gasteiger partial charge < -0.3 is 10.2 Å². The Morgan fingerprint density at radius 1 is 1.00 bits per heavy atom. The summed E-state index contributed by atoms with van der Waals surface area (Å²) in [5.41, 5.74) is 2.78. The maximum absolute atomic E-state index is 13.0. The average molecular weight is 466 g/mol. The van der Waals surface area contributed by atoms with Gasteiger partial charge in [-0.25, -0.2) is 4.90 Å². The number of nitrogens with zero attached hydrogens (tertiary/aromatic N) is 2. The van der Waals surface area contributed by atoms with Gasteiger partial charge in [0.25, 0.3) is 17.7 Å². The highest BCUT2D eigenvalue weighted by atomic mass is 35.5. The second kappa shape index (κ2) is 9.40. The first-order valence-corrected chi connectivity index (χ1v) is 11.7. The molecule has 3 amide bonds. The molecule has 0 aromatic heterocycles. The number of nitrogens with one attached hydrogen (secondary N) is 1. The number of rotatable bonds is 5. The molecule has 2 aliphatic rings. The van der Waals surface area contributed by atoms with Crippen LogP contribution in [0.15, 0.2) is 59.3 Å². The molecule has 4 rings (SSSR count). The van der Waals surface area contributed by atoms with Crippen LogP contribution in [0.1, 0.15) is 61.9 Å². The lowest BCUT2D eigenvalue weighted by Gasteiger charge is -2.33. The molecule has 2 aromatic rings. The van der Waals surface area contributed by atoms with Gasteiger partial charge in [-0.15, -0.1) is 0 Å². The SMILES string of the molecule is CC(C)c1ccc(N2C(=O)C(Cl)=C(Nc3ccc(C(=O)N4CCCCC4C)cc3)C2=O)cc1. The first-order valence-electron chi connectivity index (χ1n) is 11.3. The average Bonchev–Trinajstić information content (AvgIpc) is 3.02. The van der Waals surface area contributed by atoms with E-state index in [-0.39, 0.29) is 22.7 Å². The lowest BCUT2D eigenvalue weighted by Crippen LogP contribution is -2.42. The highest BCUT2D eigenvalue weighted by molar-refractivity contribution is 6.53. The maximum Gasteiger partial charge on any atom is 0.283 e. The Labute approximate surface area is 199 Å². The first-order chi connectivity index (χ1) is 15.8. The predicted molar refractivity (Wildman–Crippen MR) is 130 cm³/mol. The number of amides is 3. The molecule has 0 radical (unpaired) electrons. The Hall–Kier alpha value is -3.12. The Morgan fingerprint density at radius 3 is 2.27 bits per heavy atom. The van der Waals surface area contributed by atoms with Crippen molar-refractivity contribution in [3.05, 3.63) is 70.4 Å². The summed E-state index contributed by atoms with van der Waals surface area (Å²) in [5, 5.41) is 2.81. The summed E-state index contributed by atoms with van der Waals surface area (Å²) in [6, 6.07) is 14.4. The van der Waals surface area contributed by atoms with Crippen LogP contribution in [0, 0.1) is 0 Å². The fourth-order valence-electron chi connectivity index (χ4n) is 4.26. The van der Waals surface area contributed by atoms with Gasteiger partial charge in [0.15, 0.2) is 0 Å². The van der Waals surface area contributed by atoms with Crippen LogP contribution >= 0.6 is 11.6 Å². The number of carbonyl (C=O) groups excluding carboxylic acids is 3. The van der Waals surface area contributed by atoms with E-state index < -0.39 is 11.8 Å². The summed E-state index contributed by atoms with van der Waals surface area (Å²) >= 11 is 6.24. The van der Waals surface area contributed by atoms with Gasteiger partial charge in [0.05, 0.1) is 5.69 Å². The number of halogens is 1. The van der Waals surface area contributed by atoms with Gasteiger partial charge in [0, 0.05) is 23.8 Å². The van der Waals surface area contributed by atoms with Crippen LogP contribution in [0.2, 0.25) is 0 Å². The zero-order valence-corrected chi connectivity index (χ0v) is 19.9. The van der Waals surface area contributed by atoms with Crippen molar-refractivity contribution < 1.29 is 14.4 Å². The minimum Gasteiger partial charge on any atom is -0.350 e. The number of imide groups is 1. The van der Waals surface area contributed by atoms with Crippen molar-refractivity contribution in [3.63, 3.8) is 0 Å². The highest BCUT2D eigenvalue weighted by Crippen LogP contribution is 2.31. The molecule has 1 fully saturated rings.